The number of hydrogen-bond acceptors (Lipinski definition) is 2. The van der Waals surface area contributed by atoms with E-state index in [0.717, 1.165) is 11.4 Å². The van der Waals surface area contributed by atoms with Crippen LogP contribution in [-0.4, -0.2) is 17.8 Å². The highest BCUT2D eigenvalue weighted by Crippen LogP contribution is 2.33. The average Bonchev–Trinajstić information content (AvgIpc) is 2.56. The molecule has 0 heterocycles. The van der Waals surface area contributed by atoms with Gasteiger partial charge in [0.25, 0.3) is 0 Å². The lowest BCUT2D eigenvalue weighted by molar-refractivity contribution is 0.482. The second-order valence-corrected chi connectivity index (χ2v) is 6.23. The predicted octanol–water partition coefficient (Wildman–Crippen LogP) is 4.23. The summed E-state index contributed by atoms with van der Waals surface area (Å²) in [5, 5.41) is 4.17. The maximum absolute atomic E-state index is 13.2. The lowest BCUT2D eigenvalue weighted by atomic mass is 10.1. The fraction of sp³-hybridized carbons (Fsp3) is 0.600. The van der Waals surface area contributed by atoms with Crippen LogP contribution in [0.2, 0.25) is 0 Å². The van der Waals surface area contributed by atoms with Gasteiger partial charge in [0.1, 0.15) is 5.82 Å². The first-order valence-corrected chi connectivity index (χ1v) is 7.83. The van der Waals surface area contributed by atoms with Crippen molar-refractivity contribution >= 4 is 11.8 Å². The molecule has 0 amide bonds. The first kappa shape index (κ1) is 13.9. The third-order valence-corrected chi connectivity index (χ3v) is 4.90. The molecule has 1 nitrogen and oxygen atoms in total. The minimum Gasteiger partial charge on any atom is -0.313 e. The lowest BCUT2D eigenvalue weighted by Gasteiger charge is -2.25. The van der Waals surface area contributed by atoms with Crippen molar-refractivity contribution in [2.75, 3.05) is 6.54 Å². The maximum atomic E-state index is 13.2. The zero-order valence-corrected chi connectivity index (χ0v) is 11.8. The summed E-state index contributed by atoms with van der Waals surface area (Å²) in [5.41, 5.74) is 0. The molecule has 0 radical (unpaired) electrons. The lowest BCUT2D eigenvalue weighted by Crippen LogP contribution is -2.37. The summed E-state index contributed by atoms with van der Waals surface area (Å²) in [5.74, 6) is -0.131. The van der Waals surface area contributed by atoms with E-state index < -0.39 is 0 Å². The highest BCUT2D eigenvalue weighted by atomic mass is 32.2. The SMILES string of the molecule is CCNC1CCCCCC1Sc1cccc(F)c1. The molecule has 3 heteroatoms. The van der Waals surface area contributed by atoms with Crippen molar-refractivity contribution in [3.63, 3.8) is 0 Å². The van der Waals surface area contributed by atoms with Crippen LogP contribution in [0, 0.1) is 5.82 Å². The van der Waals surface area contributed by atoms with Crippen molar-refractivity contribution in [3.8, 4) is 0 Å². The van der Waals surface area contributed by atoms with Crippen LogP contribution in [0.15, 0.2) is 29.2 Å². The van der Waals surface area contributed by atoms with Crippen LogP contribution in [0.5, 0.6) is 0 Å². The molecule has 18 heavy (non-hydrogen) atoms. The Balaban J connectivity index is 2.03. The Morgan fingerprint density at radius 1 is 1.28 bits per heavy atom. The Morgan fingerprint density at radius 2 is 2.11 bits per heavy atom. The molecule has 1 aromatic carbocycles. The molecule has 0 saturated heterocycles. The van der Waals surface area contributed by atoms with Gasteiger partial charge in [0.15, 0.2) is 0 Å². The maximum Gasteiger partial charge on any atom is 0.124 e. The summed E-state index contributed by atoms with van der Waals surface area (Å²) in [7, 11) is 0. The summed E-state index contributed by atoms with van der Waals surface area (Å²) in [6.45, 7) is 3.18. The van der Waals surface area contributed by atoms with Crippen molar-refractivity contribution in [1.29, 1.82) is 0 Å². The number of halogens is 1. The summed E-state index contributed by atoms with van der Waals surface area (Å²) in [4.78, 5) is 1.06. The van der Waals surface area contributed by atoms with Crippen molar-refractivity contribution in [3.05, 3.63) is 30.1 Å². The van der Waals surface area contributed by atoms with E-state index in [1.165, 1.54) is 38.2 Å². The van der Waals surface area contributed by atoms with Crippen LogP contribution in [0.3, 0.4) is 0 Å². The van der Waals surface area contributed by atoms with Crippen molar-refractivity contribution in [1.82, 2.24) is 5.32 Å². The van der Waals surface area contributed by atoms with Gasteiger partial charge in [0.05, 0.1) is 0 Å². The molecule has 1 aliphatic carbocycles. The number of rotatable bonds is 4. The largest absolute Gasteiger partial charge is 0.313 e. The first-order chi connectivity index (χ1) is 8.79. The highest BCUT2D eigenvalue weighted by molar-refractivity contribution is 8.00. The quantitative estimate of drug-likeness (QED) is 0.819. The van der Waals surface area contributed by atoms with Crippen LogP contribution >= 0.6 is 11.8 Å². The second kappa shape index (κ2) is 7.15. The van der Waals surface area contributed by atoms with E-state index in [1.54, 1.807) is 12.1 Å². The summed E-state index contributed by atoms with van der Waals surface area (Å²) < 4.78 is 13.2. The zero-order chi connectivity index (χ0) is 12.8. The molecular weight excluding hydrogens is 245 g/mol. The van der Waals surface area contributed by atoms with Gasteiger partial charge in [-0.15, -0.1) is 11.8 Å². The molecule has 2 unspecified atom stereocenters. The standard InChI is InChI=1S/C15H22FNS/c1-2-17-14-9-4-3-5-10-15(14)18-13-8-6-7-12(16)11-13/h6-8,11,14-15,17H,2-5,9-10H2,1H3. The van der Waals surface area contributed by atoms with E-state index in [2.05, 4.69) is 12.2 Å². The molecule has 0 bridgehead atoms. The molecular formula is C15H22FNS. The summed E-state index contributed by atoms with van der Waals surface area (Å²) in [6.07, 6.45) is 6.44. The minimum atomic E-state index is -0.131. The molecule has 100 valence electrons. The van der Waals surface area contributed by atoms with Gasteiger partial charge >= 0.3 is 0 Å². The highest BCUT2D eigenvalue weighted by Gasteiger charge is 2.23. The van der Waals surface area contributed by atoms with E-state index in [0.29, 0.717) is 11.3 Å². The van der Waals surface area contributed by atoms with Gasteiger partial charge in [-0.05, 0) is 37.6 Å². The zero-order valence-electron chi connectivity index (χ0n) is 11.0. The normalized spacial score (nSPS) is 24.8. The van der Waals surface area contributed by atoms with E-state index >= 15 is 0 Å². The topological polar surface area (TPSA) is 12.0 Å². The summed E-state index contributed by atoms with van der Waals surface area (Å²) in [6, 6.07) is 7.56. The Kier molecular flexibility index (Phi) is 5.51. The van der Waals surface area contributed by atoms with Crippen molar-refractivity contribution < 1.29 is 4.39 Å². The third-order valence-electron chi connectivity index (χ3n) is 3.50. The van der Waals surface area contributed by atoms with E-state index in [4.69, 9.17) is 0 Å². The fourth-order valence-electron chi connectivity index (χ4n) is 2.63. The van der Waals surface area contributed by atoms with Crippen molar-refractivity contribution in [2.24, 2.45) is 0 Å². The molecule has 1 aliphatic rings. The molecule has 0 aliphatic heterocycles. The van der Waals surface area contributed by atoms with Crippen LogP contribution in [0.1, 0.15) is 39.0 Å². The van der Waals surface area contributed by atoms with E-state index in [1.807, 2.05) is 17.8 Å². The average molecular weight is 267 g/mol. The molecule has 1 aromatic rings. The smallest absolute Gasteiger partial charge is 0.124 e. The molecule has 1 fully saturated rings. The van der Waals surface area contributed by atoms with E-state index in [-0.39, 0.29) is 5.82 Å². The van der Waals surface area contributed by atoms with Gasteiger partial charge < -0.3 is 5.32 Å². The molecule has 2 atom stereocenters. The van der Waals surface area contributed by atoms with Crippen LogP contribution in [0.25, 0.3) is 0 Å². The molecule has 0 aromatic heterocycles. The van der Waals surface area contributed by atoms with E-state index in [9.17, 15) is 4.39 Å². The minimum absolute atomic E-state index is 0.131. The van der Waals surface area contributed by atoms with Gasteiger partial charge in [0, 0.05) is 16.2 Å². The van der Waals surface area contributed by atoms with Gasteiger partial charge in [-0.2, -0.15) is 0 Å². The number of thioether (sulfide) groups is 1. The predicted molar refractivity (Wildman–Crippen MR) is 76.6 cm³/mol. The molecule has 1 saturated carbocycles. The second-order valence-electron chi connectivity index (χ2n) is 4.92. The summed E-state index contributed by atoms with van der Waals surface area (Å²) >= 11 is 1.84. The molecule has 1 N–H and O–H groups in total. The van der Waals surface area contributed by atoms with Gasteiger partial charge in [-0.1, -0.05) is 32.3 Å². The Morgan fingerprint density at radius 3 is 2.89 bits per heavy atom. The third kappa shape index (κ3) is 3.99. The Labute approximate surface area is 114 Å². The van der Waals surface area contributed by atoms with Crippen LogP contribution < -0.4 is 5.32 Å². The van der Waals surface area contributed by atoms with Gasteiger partial charge in [0.2, 0.25) is 0 Å². The van der Waals surface area contributed by atoms with Gasteiger partial charge in [-0.25, -0.2) is 4.39 Å². The Bertz CT molecular complexity index is 369. The van der Waals surface area contributed by atoms with Crippen LogP contribution in [0.4, 0.5) is 4.39 Å². The van der Waals surface area contributed by atoms with Gasteiger partial charge in [-0.3, -0.25) is 0 Å². The number of nitrogens with one attached hydrogen (secondary N) is 1. The fourth-order valence-corrected chi connectivity index (χ4v) is 3.99. The van der Waals surface area contributed by atoms with Crippen molar-refractivity contribution in [2.45, 2.75) is 55.2 Å². The first-order valence-electron chi connectivity index (χ1n) is 6.95. The monoisotopic (exact) mass is 267 g/mol. The number of hydrogen-bond donors (Lipinski definition) is 1. The molecule has 0 spiro atoms. The number of benzene rings is 1. The molecule has 2 rings (SSSR count). The van der Waals surface area contributed by atoms with Crippen LogP contribution in [-0.2, 0) is 0 Å². The Hall–Kier alpha value is -0.540.